The standard InChI is InChI=1S/C22H30O4Si/c1-23-27(24-2,25-3)16-8-15-26-14-7-11-18-10-6-13-21-20-12-5-4-9-19(20)17-22(18)21/h4-6,9-10,12-13H,7-8,11,14-17H2,1-3H3. The average Bonchev–Trinajstić information content (AvgIpc) is 3.10. The fraction of sp³-hybridized carbons (Fsp3) is 0.455. The minimum Gasteiger partial charge on any atom is -0.381 e. The van der Waals surface area contributed by atoms with Gasteiger partial charge in [-0.2, -0.15) is 0 Å². The monoisotopic (exact) mass is 386 g/mol. The van der Waals surface area contributed by atoms with Crippen LogP contribution in [0.25, 0.3) is 11.1 Å². The molecule has 0 atom stereocenters. The second-order valence-corrected chi connectivity index (χ2v) is 9.98. The van der Waals surface area contributed by atoms with E-state index in [1.165, 1.54) is 27.8 Å². The average molecular weight is 387 g/mol. The van der Waals surface area contributed by atoms with Crippen molar-refractivity contribution in [1.82, 2.24) is 0 Å². The maximum Gasteiger partial charge on any atom is 0.500 e. The summed E-state index contributed by atoms with van der Waals surface area (Å²) in [7, 11) is 2.49. The molecule has 0 aromatic heterocycles. The number of hydrogen-bond donors (Lipinski definition) is 0. The first-order valence-corrected chi connectivity index (χ1v) is 11.6. The van der Waals surface area contributed by atoms with E-state index in [9.17, 15) is 0 Å². The van der Waals surface area contributed by atoms with Crippen molar-refractivity contribution < 1.29 is 18.0 Å². The van der Waals surface area contributed by atoms with Crippen molar-refractivity contribution in [3.63, 3.8) is 0 Å². The van der Waals surface area contributed by atoms with Crippen molar-refractivity contribution in [3.05, 3.63) is 59.2 Å². The molecule has 1 aliphatic carbocycles. The lowest BCUT2D eigenvalue weighted by Gasteiger charge is -2.24. The van der Waals surface area contributed by atoms with E-state index in [0.717, 1.165) is 38.3 Å². The third-order valence-corrected chi connectivity index (χ3v) is 8.22. The second-order valence-electron chi connectivity index (χ2n) is 6.89. The van der Waals surface area contributed by atoms with Crippen LogP contribution in [-0.4, -0.2) is 43.3 Å². The summed E-state index contributed by atoms with van der Waals surface area (Å²) in [6, 6.07) is 16.2. The molecular formula is C22H30O4Si. The predicted molar refractivity (Wildman–Crippen MR) is 110 cm³/mol. The van der Waals surface area contributed by atoms with Crippen LogP contribution < -0.4 is 0 Å². The highest BCUT2D eigenvalue weighted by Crippen LogP contribution is 2.38. The summed E-state index contributed by atoms with van der Waals surface area (Å²) in [5.74, 6) is 0. The number of aryl methyl sites for hydroxylation is 1. The summed E-state index contributed by atoms with van der Waals surface area (Å²) >= 11 is 0. The van der Waals surface area contributed by atoms with Gasteiger partial charge >= 0.3 is 8.80 Å². The molecule has 0 fully saturated rings. The van der Waals surface area contributed by atoms with Crippen LogP contribution in [-0.2, 0) is 30.9 Å². The first kappa shape index (κ1) is 20.2. The van der Waals surface area contributed by atoms with Crippen molar-refractivity contribution in [2.75, 3.05) is 34.5 Å². The predicted octanol–water partition coefficient (Wildman–Crippen LogP) is 4.48. The number of benzene rings is 2. The first-order chi connectivity index (χ1) is 13.2. The summed E-state index contributed by atoms with van der Waals surface area (Å²) in [6.45, 7) is 1.49. The lowest BCUT2D eigenvalue weighted by Crippen LogP contribution is -2.42. The Morgan fingerprint density at radius 1 is 0.815 bits per heavy atom. The molecule has 3 rings (SSSR count). The van der Waals surface area contributed by atoms with E-state index in [1.807, 2.05) is 0 Å². The van der Waals surface area contributed by atoms with E-state index in [4.69, 9.17) is 18.0 Å². The minimum atomic E-state index is -2.46. The molecule has 0 saturated carbocycles. The normalized spacial score (nSPS) is 12.9. The SMILES string of the molecule is CO[Si](CCCOCCCc1cccc2c1Cc1ccccc1-2)(OC)OC. The molecule has 2 aromatic rings. The quantitative estimate of drug-likeness (QED) is 0.360. The zero-order valence-electron chi connectivity index (χ0n) is 16.6. The van der Waals surface area contributed by atoms with Crippen molar-refractivity contribution in [2.45, 2.75) is 31.7 Å². The molecule has 27 heavy (non-hydrogen) atoms. The summed E-state index contributed by atoms with van der Waals surface area (Å²) in [5, 5.41) is 0. The van der Waals surface area contributed by atoms with Crippen LogP contribution in [0.2, 0.25) is 6.04 Å². The van der Waals surface area contributed by atoms with Crippen LogP contribution >= 0.6 is 0 Å². The molecular weight excluding hydrogens is 356 g/mol. The Bertz CT molecular complexity index is 735. The maximum absolute atomic E-state index is 5.82. The zero-order valence-corrected chi connectivity index (χ0v) is 17.6. The highest BCUT2D eigenvalue weighted by molar-refractivity contribution is 6.60. The molecule has 4 nitrogen and oxygen atoms in total. The van der Waals surface area contributed by atoms with Crippen LogP contribution in [0.15, 0.2) is 42.5 Å². The number of hydrogen-bond acceptors (Lipinski definition) is 4. The van der Waals surface area contributed by atoms with E-state index in [1.54, 1.807) is 21.3 Å². The van der Waals surface area contributed by atoms with Gasteiger partial charge in [-0.05, 0) is 53.5 Å². The van der Waals surface area contributed by atoms with Crippen molar-refractivity contribution in [1.29, 1.82) is 0 Å². The molecule has 0 radical (unpaired) electrons. The van der Waals surface area contributed by atoms with Crippen molar-refractivity contribution in [2.24, 2.45) is 0 Å². The highest BCUT2D eigenvalue weighted by Gasteiger charge is 2.36. The van der Waals surface area contributed by atoms with Crippen molar-refractivity contribution >= 4 is 8.80 Å². The van der Waals surface area contributed by atoms with Crippen molar-refractivity contribution in [3.8, 4) is 11.1 Å². The largest absolute Gasteiger partial charge is 0.500 e. The van der Waals surface area contributed by atoms with Crippen LogP contribution in [0.1, 0.15) is 29.5 Å². The highest BCUT2D eigenvalue weighted by atomic mass is 28.4. The molecule has 0 spiro atoms. The maximum atomic E-state index is 5.82. The molecule has 0 bridgehead atoms. The number of ether oxygens (including phenoxy) is 1. The molecule has 0 heterocycles. The Labute approximate surface area is 163 Å². The summed E-state index contributed by atoms with van der Waals surface area (Å²) in [6.07, 6.45) is 4.04. The molecule has 146 valence electrons. The van der Waals surface area contributed by atoms with Gasteiger partial charge in [-0.1, -0.05) is 42.5 Å². The summed E-state index contributed by atoms with van der Waals surface area (Å²) < 4.78 is 22.1. The number of rotatable bonds is 11. The Kier molecular flexibility index (Phi) is 7.21. The van der Waals surface area contributed by atoms with E-state index in [2.05, 4.69) is 42.5 Å². The fourth-order valence-corrected chi connectivity index (χ4v) is 5.56. The Balaban J connectivity index is 1.42. The van der Waals surface area contributed by atoms with Gasteiger partial charge in [-0.15, -0.1) is 0 Å². The summed E-state index contributed by atoms with van der Waals surface area (Å²) in [5.41, 5.74) is 7.20. The van der Waals surface area contributed by atoms with Gasteiger partial charge in [0.25, 0.3) is 0 Å². The van der Waals surface area contributed by atoms with Gasteiger partial charge in [0.1, 0.15) is 0 Å². The molecule has 0 unspecified atom stereocenters. The van der Waals surface area contributed by atoms with Gasteiger partial charge in [0, 0.05) is 40.6 Å². The molecule has 1 aliphatic rings. The second kappa shape index (κ2) is 9.62. The van der Waals surface area contributed by atoms with Crippen LogP contribution in [0.4, 0.5) is 0 Å². The van der Waals surface area contributed by atoms with E-state index in [0.29, 0.717) is 6.61 Å². The molecule has 0 aliphatic heterocycles. The van der Waals surface area contributed by atoms with E-state index < -0.39 is 8.80 Å². The molecule has 0 saturated heterocycles. The van der Waals surface area contributed by atoms with Crippen LogP contribution in [0, 0.1) is 0 Å². The number of fused-ring (bicyclic) bond motifs is 3. The third-order valence-electron chi connectivity index (χ3n) is 5.39. The topological polar surface area (TPSA) is 36.9 Å². The van der Waals surface area contributed by atoms with Gasteiger partial charge < -0.3 is 18.0 Å². The first-order valence-electron chi connectivity index (χ1n) is 9.65. The molecule has 0 N–H and O–H groups in total. The molecule has 2 aromatic carbocycles. The minimum absolute atomic E-state index is 0.711. The molecule has 0 amide bonds. The van der Waals surface area contributed by atoms with Crippen LogP contribution in [0.5, 0.6) is 0 Å². The zero-order chi connectivity index (χ0) is 19.1. The lowest BCUT2D eigenvalue weighted by atomic mass is 9.98. The smallest absolute Gasteiger partial charge is 0.381 e. The van der Waals surface area contributed by atoms with Gasteiger partial charge in [-0.25, -0.2) is 0 Å². The van der Waals surface area contributed by atoms with Crippen LogP contribution in [0.3, 0.4) is 0 Å². The lowest BCUT2D eigenvalue weighted by molar-refractivity contribution is 0.106. The van der Waals surface area contributed by atoms with Gasteiger partial charge in [0.2, 0.25) is 0 Å². The van der Waals surface area contributed by atoms with E-state index >= 15 is 0 Å². The van der Waals surface area contributed by atoms with Gasteiger partial charge in [0.15, 0.2) is 0 Å². The Hall–Kier alpha value is -1.50. The van der Waals surface area contributed by atoms with Gasteiger partial charge in [-0.3, -0.25) is 0 Å². The van der Waals surface area contributed by atoms with Gasteiger partial charge in [0.05, 0.1) is 0 Å². The Morgan fingerprint density at radius 3 is 2.30 bits per heavy atom. The Morgan fingerprint density at radius 2 is 1.52 bits per heavy atom. The molecule has 5 heteroatoms. The van der Waals surface area contributed by atoms with E-state index in [-0.39, 0.29) is 0 Å². The fourth-order valence-electron chi connectivity index (χ4n) is 3.87. The third kappa shape index (κ3) is 4.68. The summed E-state index contributed by atoms with van der Waals surface area (Å²) in [4.78, 5) is 0.